The van der Waals surface area contributed by atoms with Crippen molar-refractivity contribution >= 4 is 11.9 Å². The molecule has 0 spiro atoms. The highest BCUT2D eigenvalue weighted by Gasteiger charge is 2.65. The summed E-state index contributed by atoms with van der Waals surface area (Å²) in [5, 5.41) is 10.8. The zero-order chi connectivity index (χ0) is 13.8. The van der Waals surface area contributed by atoms with Gasteiger partial charge >= 0.3 is 11.9 Å². The molecule has 4 fully saturated rings. The van der Waals surface area contributed by atoms with Gasteiger partial charge in [-0.15, -0.1) is 0 Å². The average molecular weight is 264 g/mol. The molecule has 4 aliphatic carbocycles. The largest absolute Gasteiger partial charge is 0.390 e. The number of carbonyl (C=O) groups excluding carboxylic acids is 2. The van der Waals surface area contributed by atoms with Crippen LogP contribution in [0.3, 0.4) is 0 Å². The van der Waals surface area contributed by atoms with Crippen LogP contribution in [0.1, 0.15) is 39.0 Å². The minimum atomic E-state index is -0.750. The Bertz CT molecular complexity index is 439. The molecule has 4 nitrogen and oxygen atoms in total. The van der Waals surface area contributed by atoms with Gasteiger partial charge in [0.25, 0.3) is 0 Å². The molecule has 0 amide bonds. The van der Waals surface area contributed by atoms with E-state index in [2.05, 4.69) is 6.58 Å². The Balaban J connectivity index is 1.92. The molecule has 0 aromatic rings. The molecular weight excluding hydrogens is 244 g/mol. The summed E-state index contributed by atoms with van der Waals surface area (Å²) in [6.07, 6.45) is 5.17. The fourth-order valence-electron chi connectivity index (χ4n) is 4.95. The second kappa shape index (κ2) is 3.92. The first-order valence-electron chi connectivity index (χ1n) is 7.01. The molecule has 19 heavy (non-hydrogen) atoms. The minimum Gasteiger partial charge on any atom is -0.390 e. The Morgan fingerprint density at radius 3 is 2.37 bits per heavy atom. The van der Waals surface area contributed by atoms with Crippen LogP contribution in [0.2, 0.25) is 0 Å². The Hall–Kier alpha value is -1.16. The fraction of sp³-hybridized carbons (Fsp3) is 0.733. The van der Waals surface area contributed by atoms with E-state index in [0.29, 0.717) is 11.8 Å². The van der Waals surface area contributed by atoms with E-state index < -0.39 is 23.0 Å². The molecule has 4 rings (SSSR count). The fourth-order valence-corrected chi connectivity index (χ4v) is 4.95. The lowest BCUT2D eigenvalue weighted by atomic mass is 9.43. The number of hydrogen-bond donors (Lipinski definition) is 1. The van der Waals surface area contributed by atoms with Crippen molar-refractivity contribution in [2.75, 3.05) is 0 Å². The van der Waals surface area contributed by atoms with Crippen LogP contribution < -0.4 is 0 Å². The lowest BCUT2D eigenvalue weighted by Crippen LogP contribution is -2.64. The van der Waals surface area contributed by atoms with E-state index >= 15 is 0 Å². The molecule has 3 atom stereocenters. The summed E-state index contributed by atoms with van der Waals surface area (Å²) in [6, 6.07) is 0. The SMILES string of the molecule is C=CC(=O)OC(=O)C12CC3CC(CC(O)(C3)C1C)C2. The Morgan fingerprint density at radius 2 is 1.84 bits per heavy atom. The normalized spacial score (nSPS) is 46.9. The van der Waals surface area contributed by atoms with Gasteiger partial charge in [-0.3, -0.25) is 4.79 Å². The molecule has 0 radical (unpaired) electrons. The van der Waals surface area contributed by atoms with Gasteiger partial charge in [0, 0.05) is 12.0 Å². The highest BCUT2D eigenvalue weighted by Crippen LogP contribution is 2.64. The predicted molar refractivity (Wildman–Crippen MR) is 67.9 cm³/mol. The monoisotopic (exact) mass is 264 g/mol. The summed E-state index contributed by atoms with van der Waals surface area (Å²) < 4.78 is 4.89. The van der Waals surface area contributed by atoms with Crippen LogP contribution in [-0.2, 0) is 14.3 Å². The molecule has 4 heteroatoms. The second-order valence-corrected chi connectivity index (χ2v) is 6.68. The highest BCUT2D eigenvalue weighted by atomic mass is 16.6. The molecule has 4 saturated carbocycles. The third kappa shape index (κ3) is 1.69. The zero-order valence-corrected chi connectivity index (χ0v) is 11.2. The van der Waals surface area contributed by atoms with Crippen LogP contribution in [0.15, 0.2) is 12.7 Å². The Morgan fingerprint density at radius 1 is 1.26 bits per heavy atom. The highest BCUT2D eigenvalue weighted by molar-refractivity contribution is 5.94. The Kier molecular flexibility index (Phi) is 2.65. The van der Waals surface area contributed by atoms with Crippen LogP contribution in [0.5, 0.6) is 0 Å². The third-order valence-electron chi connectivity index (χ3n) is 5.66. The first kappa shape index (κ1) is 12.9. The molecule has 1 N–H and O–H groups in total. The standard InChI is InChI=1S/C15H20O4/c1-3-12(16)19-13(17)14-5-10-4-11(6-14)8-15(18,7-10)9(14)2/h3,9-11,18H,1,4-8H2,2H3. The second-order valence-electron chi connectivity index (χ2n) is 6.68. The number of esters is 2. The molecule has 104 valence electrons. The maximum atomic E-state index is 12.4. The van der Waals surface area contributed by atoms with Gasteiger partial charge in [-0.05, 0) is 43.9 Å². The number of carbonyl (C=O) groups is 2. The average Bonchev–Trinajstić information content (AvgIpc) is 2.34. The van der Waals surface area contributed by atoms with Crippen LogP contribution >= 0.6 is 0 Å². The molecule has 4 aliphatic rings. The van der Waals surface area contributed by atoms with Crippen molar-refractivity contribution in [1.29, 1.82) is 0 Å². The van der Waals surface area contributed by atoms with Gasteiger partial charge in [0.15, 0.2) is 0 Å². The van der Waals surface area contributed by atoms with Gasteiger partial charge in [0.2, 0.25) is 0 Å². The first-order valence-corrected chi connectivity index (χ1v) is 7.01. The van der Waals surface area contributed by atoms with Gasteiger partial charge in [-0.25, -0.2) is 4.79 Å². The smallest absolute Gasteiger partial charge is 0.337 e. The van der Waals surface area contributed by atoms with E-state index in [9.17, 15) is 14.7 Å². The van der Waals surface area contributed by atoms with E-state index in [1.54, 1.807) is 0 Å². The van der Waals surface area contributed by atoms with Gasteiger partial charge < -0.3 is 9.84 Å². The predicted octanol–water partition coefficient (Wildman–Crippen LogP) is 1.82. The van der Waals surface area contributed by atoms with Crippen LogP contribution in [0.4, 0.5) is 0 Å². The Labute approximate surface area is 112 Å². The van der Waals surface area contributed by atoms with Crippen molar-refractivity contribution in [3.8, 4) is 0 Å². The van der Waals surface area contributed by atoms with Crippen molar-refractivity contribution in [2.45, 2.75) is 44.6 Å². The van der Waals surface area contributed by atoms with E-state index in [-0.39, 0.29) is 5.92 Å². The molecular formula is C15H20O4. The van der Waals surface area contributed by atoms with E-state index in [1.807, 2.05) is 6.92 Å². The van der Waals surface area contributed by atoms with Gasteiger partial charge in [-0.2, -0.15) is 0 Å². The molecule has 0 aromatic carbocycles. The van der Waals surface area contributed by atoms with E-state index in [1.165, 1.54) is 0 Å². The van der Waals surface area contributed by atoms with Crippen molar-refractivity contribution in [3.63, 3.8) is 0 Å². The summed E-state index contributed by atoms with van der Waals surface area (Å²) in [5.74, 6) is -0.518. The van der Waals surface area contributed by atoms with Crippen LogP contribution in [-0.4, -0.2) is 22.6 Å². The molecule has 4 bridgehead atoms. The quantitative estimate of drug-likeness (QED) is 0.469. The summed E-state index contributed by atoms with van der Waals surface area (Å²) in [7, 11) is 0. The van der Waals surface area contributed by atoms with Crippen LogP contribution in [0.25, 0.3) is 0 Å². The molecule has 0 heterocycles. The topological polar surface area (TPSA) is 63.6 Å². The lowest BCUT2D eigenvalue weighted by Gasteiger charge is -2.62. The van der Waals surface area contributed by atoms with Crippen LogP contribution in [0, 0.1) is 23.2 Å². The lowest BCUT2D eigenvalue weighted by molar-refractivity contribution is -0.221. The maximum Gasteiger partial charge on any atom is 0.337 e. The van der Waals surface area contributed by atoms with Crippen molar-refractivity contribution in [1.82, 2.24) is 0 Å². The third-order valence-corrected chi connectivity index (χ3v) is 5.66. The molecule has 0 saturated heterocycles. The summed E-state index contributed by atoms with van der Waals surface area (Å²) in [6.45, 7) is 5.24. The molecule has 0 aromatic heterocycles. The number of hydrogen-bond acceptors (Lipinski definition) is 4. The number of aliphatic hydroxyl groups is 1. The van der Waals surface area contributed by atoms with E-state index in [0.717, 1.165) is 38.2 Å². The minimum absolute atomic E-state index is 0.141. The number of ether oxygens (including phenoxy) is 1. The first-order chi connectivity index (χ1) is 8.89. The maximum absolute atomic E-state index is 12.4. The molecule has 3 unspecified atom stereocenters. The van der Waals surface area contributed by atoms with E-state index in [4.69, 9.17) is 4.74 Å². The van der Waals surface area contributed by atoms with Crippen molar-refractivity contribution in [3.05, 3.63) is 12.7 Å². The summed E-state index contributed by atoms with van der Waals surface area (Å²) >= 11 is 0. The van der Waals surface area contributed by atoms with Crippen molar-refractivity contribution in [2.24, 2.45) is 23.2 Å². The zero-order valence-electron chi connectivity index (χ0n) is 11.2. The summed E-state index contributed by atoms with van der Waals surface area (Å²) in [5.41, 5.74) is -1.42. The van der Waals surface area contributed by atoms with Gasteiger partial charge in [-0.1, -0.05) is 13.5 Å². The molecule has 0 aliphatic heterocycles. The van der Waals surface area contributed by atoms with Crippen molar-refractivity contribution < 1.29 is 19.4 Å². The van der Waals surface area contributed by atoms with Gasteiger partial charge in [0.05, 0.1) is 11.0 Å². The van der Waals surface area contributed by atoms with Gasteiger partial charge in [0.1, 0.15) is 0 Å². The number of rotatable bonds is 2. The summed E-state index contributed by atoms with van der Waals surface area (Å²) in [4.78, 5) is 23.7.